The number of rotatable bonds is 2. The summed E-state index contributed by atoms with van der Waals surface area (Å²) in [5.41, 5.74) is 0.346. The highest BCUT2D eigenvalue weighted by molar-refractivity contribution is 6.00. The van der Waals surface area contributed by atoms with Crippen LogP contribution in [0.25, 0.3) is 0 Å². The van der Waals surface area contributed by atoms with Crippen molar-refractivity contribution in [2.75, 3.05) is 7.05 Å². The van der Waals surface area contributed by atoms with E-state index in [1.54, 1.807) is 38.2 Å². The van der Waals surface area contributed by atoms with E-state index >= 15 is 0 Å². The summed E-state index contributed by atoms with van der Waals surface area (Å²) in [4.78, 5) is 26.1. The molecule has 1 amide bonds. The Morgan fingerprint density at radius 1 is 1.17 bits per heavy atom. The summed E-state index contributed by atoms with van der Waals surface area (Å²) in [6.07, 6.45) is 0. The standard InChI is InChI=1S/C18H16FNO3/c1-18(11-7-9-12(19)10-8-11)15(17(22)23)13-5-3-4-6-14(13)16(21)20(18)2/h3-10,15H,1-2H3,(H,22,23). The molecule has 0 saturated heterocycles. The van der Waals surface area contributed by atoms with Gasteiger partial charge in [-0.15, -0.1) is 0 Å². The molecule has 0 aromatic heterocycles. The molecule has 1 aliphatic heterocycles. The van der Waals surface area contributed by atoms with E-state index in [1.807, 2.05) is 0 Å². The Labute approximate surface area is 133 Å². The number of carbonyl (C=O) groups excluding carboxylic acids is 1. The Bertz CT molecular complexity index is 787. The predicted octanol–water partition coefficient (Wildman–Crippen LogP) is 2.99. The molecule has 5 heteroatoms. The first-order valence-electron chi connectivity index (χ1n) is 7.23. The summed E-state index contributed by atoms with van der Waals surface area (Å²) < 4.78 is 13.3. The number of hydrogen-bond donors (Lipinski definition) is 1. The zero-order valence-corrected chi connectivity index (χ0v) is 12.8. The van der Waals surface area contributed by atoms with Gasteiger partial charge in [-0.1, -0.05) is 30.3 Å². The number of carbonyl (C=O) groups is 2. The van der Waals surface area contributed by atoms with Crippen LogP contribution in [0.5, 0.6) is 0 Å². The first-order chi connectivity index (χ1) is 10.9. The molecule has 2 atom stereocenters. The molecule has 1 N–H and O–H groups in total. The van der Waals surface area contributed by atoms with E-state index in [0.29, 0.717) is 16.7 Å². The molecule has 1 heterocycles. The third kappa shape index (κ3) is 2.11. The molecule has 3 rings (SSSR count). The zero-order chi connectivity index (χ0) is 16.8. The maximum absolute atomic E-state index is 13.3. The molecule has 118 valence electrons. The maximum Gasteiger partial charge on any atom is 0.313 e. The highest BCUT2D eigenvalue weighted by Gasteiger charge is 2.51. The molecule has 0 spiro atoms. The molecule has 2 aromatic carbocycles. The number of carboxylic acid groups (broad SMARTS) is 1. The van der Waals surface area contributed by atoms with Crippen molar-refractivity contribution in [2.24, 2.45) is 0 Å². The van der Waals surface area contributed by atoms with Gasteiger partial charge in [-0.3, -0.25) is 9.59 Å². The normalized spacial score (nSPS) is 23.5. The van der Waals surface area contributed by atoms with Crippen molar-refractivity contribution in [3.8, 4) is 0 Å². The van der Waals surface area contributed by atoms with Crippen molar-refractivity contribution in [2.45, 2.75) is 18.4 Å². The lowest BCUT2D eigenvalue weighted by molar-refractivity contribution is -0.142. The Balaban J connectivity index is 2.28. The second-order valence-corrected chi connectivity index (χ2v) is 5.88. The molecule has 0 radical (unpaired) electrons. The molecule has 0 aliphatic carbocycles. The van der Waals surface area contributed by atoms with Gasteiger partial charge in [0, 0.05) is 12.6 Å². The second kappa shape index (κ2) is 5.19. The second-order valence-electron chi connectivity index (χ2n) is 5.88. The predicted molar refractivity (Wildman–Crippen MR) is 82.7 cm³/mol. The number of likely N-dealkylation sites (N-methyl/N-ethyl adjacent to an activating group) is 1. The molecular formula is C18H16FNO3. The van der Waals surface area contributed by atoms with Crippen LogP contribution in [0.2, 0.25) is 0 Å². The minimum absolute atomic E-state index is 0.245. The lowest BCUT2D eigenvalue weighted by atomic mass is 9.70. The summed E-state index contributed by atoms with van der Waals surface area (Å²) in [5.74, 6) is -2.62. The van der Waals surface area contributed by atoms with Gasteiger partial charge in [0.05, 0.1) is 5.54 Å². The average Bonchev–Trinajstić information content (AvgIpc) is 2.53. The molecule has 2 unspecified atom stereocenters. The van der Waals surface area contributed by atoms with Crippen molar-refractivity contribution in [1.29, 1.82) is 0 Å². The lowest BCUT2D eigenvalue weighted by Crippen LogP contribution is -2.54. The Kier molecular flexibility index (Phi) is 3.43. The van der Waals surface area contributed by atoms with Gasteiger partial charge < -0.3 is 10.0 Å². The SMILES string of the molecule is CN1C(=O)c2ccccc2C(C(=O)O)C1(C)c1ccc(F)cc1. The molecule has 2 aromatic rings. The van der Waals surface area contributed by atoms with E-state index < -0.39 is 23.2 Å². The highest BCUT2D eigenvalue weighted by atomic mass is 19.1. The fraction of sp³-hybridized carbons (Fsp3) is 0.222. The lowest BCUT2D eigenvalue weighted by Gasteiger charge is -2.47. The van der Waals surface area contributed by atoms with Gasteiger partial charge in [-0.05, 0) is 36.2 Å². The van der Waals surface area contributed by atoms with E-state index in [4.69, 9.17) is 0 Å². The number of carboxylic acids is 1. The Hall–Kier alpha value is -2.69. The van der Waals surface area contributed by atoms with Gasteiger partial charge in [0.15, 0.2) is 0 Å². The van der Waals surface area contributed by atoms with Crippen LogP contribution in [-0.2, 0) is 10.3 Å². The summed E-state index contributed by atoms with van der Waals surface area (Å²) >= 11 is 0. The average molecular weight is 313 g/mol. The van der Waals surface area contributed by atoms with Crippen LogP contribution in [0, 0.1) is 5.82 Å². The summed E-state index contributed by atoms with van der Waals surface area (Å²) in [5, 5.41) is 9.83. The molecule has 0 bridgehead atoms. The topological polar surface area (TPSA) is 57.6 Å². The van der Waals surface area contributed by atoms with Crippen LogP contribution in [0.1, 0.15) is 34.3 Å². The number of nitrogens with zero attached hydrogens (tertiary/aromatic N) is 1. The summed E-state index contributed by atoms with van der Waals surface area (Å²) in [7, 11) is 1.58. The van der Waals surface area contributed by atoms with Crippen molar-refractivity contribution in [1.82, 2.24) is 4.90 Å². The van der Waals surface area contributed by atoms with Gasteiger partial charge in [-0.25, -0.2) is 4.39 Å². The van der Waals surface area contributed by atoms with Crippen molar-refractivity contribution in [3.05, 3.63) is 71.0 Å². The molecule has 4 nitrogen and oxygen atoms in total. The van der Waals surface area contributed by atoms with Gasteiger partial charge in [0.1, 0.15) is 11.7 Å². The largest absolute Gasteiger partial charge is 0.481 e. The summed E-state index contributed by atoms with van der Waals surface area (Å²) in [6, 6.07) is 12.3. The van der Waals surface area contributed by atoms with Crippen LogP contribution in [0.15, 0.2) is 48.5 Å². The van der Waals surface area contributed by atoms with Crippen LogP contribution in [0.3, 0.4) is 0 Å². The number of halogens is 1. The third-order valence-corrected chi connectivity index (χ3v) is 4.74. The first kappa shape index (κ1) is 15.2. The van der Waals surface area contributed by atoms with E-state index in [-0.39, 0.29) is 5.91 Å². The molecule has 0 fully saturated rings. The van der Waals surface area contributed by atoms with E-state index in [0.717, 1.165) is 0 Å². The van der Waals surface area contributed by atoms with Crippen LogP contribution in [0.4, 0.5) is 4.39 Å². The number of hydrogen-bond acceptors (Lipinski definition) is 2. The number of aliphatic carboxylic acids is 1. The van der Waals surface area contributed by atoms with E-state index in [9.17, 15) is 19.1 Å². The first-order valence-corrected chi connectivity index (χ1v) is 7.23. The number of fused-ring (bicyclic) bond motifs is 1. The van der Waals surface area contributed by atoms with Gasteiger partial charge in [0.25, 0.3) is 5.91 Å². The smallest absolute Gasteiger partial charge is 0.313 e. The molecular weight excluding hydrogens is 297 g/mol. The highest BCUT2D eigenvalue weighted by Crippen LogP contribution is 2.46. The summed E-state index contributed by atoms with van der Waals surface area (Å²) in [6.45, 7) is 1.70. The fourth-order valence-corrected chi connectivity index (χ4v) is 3.35. The molecule has 1 aliphatic rings. The van der Waals surface area contributed by atoms with E-state index in [2.05, 4.69) is 0 Å². The minimum Gasteiger partial charge on any atom is -0.481 e. The Morgan fingerprint density at radius 2 is 1.78 bits per heavy atom. The van der Waals surface area contributed by atoms with Crippen LogP contribution < -0.4 is 0 Å². The van der Waals surface area contributed by atoms with Crippen molar-refractivity contribution in [3.63, 3.8) is 0 Å². The van der Waals surface area contributed by atoms with Gasteiger partial charge in [0.2, 0.25) is 0 Å². The van der Waals surface area contributed by atoms with Crippen LogP contribution in [-0.4, -0.2) is 28.9 Å². The maximum atomic E-state index is 13.3. The van der Waals surface area contributed by atoms with Crippen molar-refractivity contribution < 1.29 is 19.1 Å². The Morgan fingerprint density at radius 3 is 2.39 bits per heavy atom. The molecule has 0 saturated carbocycles. The van der Waals surface area contributed by atoms with Crippen LogP contribution >= 0.6 is 0 Å². The third-order valence-electron chi connectivity index (χ3n) is 4.74. The minimum atomic E-state index is -1.11. The fourth-order valence-electron chi connectivity index (χ4n) is 3.35. The van der Waals surface area contributed by atoms with Crippen molar-refractivity contribution >= 4 is 11.9 Å². The van der Waals surface area contributed by atoms with Gasteiger partial charge in [-0.2, -0.15) is 0 Å². The molecule has 23 heavy (non-hydrogen) atoms. The van der Waals surface area contributed by atoms with E-state index in [1.165, 1.54) is 29.2 Å². The zero-order valence-electron chi connectivity index (χ0n) is 12.8. The number of amides is 1. The number of benzene rings is 2. The van der Waals surface area contributed by atoms with Gasteiger partial charge >= 0.3 is 5.97 Å². The monoisotopic (exact) mass is 313 g/mol. The quantitative estimate of drug-likeness (QED) is 0.927.